The van der Waals surface area contributed by atoms with Crippen molar-refractivity contribution in [3.05, 3.63) is 18.7 Å². The molecule has 1 unspecified atom stereocenters. The van der Waals surface area contributed by atoms with Crippen LogP contribution in [0.5, 0.6) is 0 Å². The van der Waals surface area contributed by atoms with E-state index in [1.165, 1.54) is 0 Å². The van der Waals surface area contributed by atoms with Crippen molar-refractivity contribution in [3.63, 3.8) is 0 Å². The van der Waals surface area contributed by atoms with Crippen LogP contribution < -0.4 is 5.32 Å². The molecule has 0 aliphatic carbocycles. The standard InChI is InChI=1S/C11H21N3/c1-5-10(8-13-11(2,3)4)14-7-6-12-9-14/h6-7,9-10,13H,5,8H2,1-4H3. The van der Waals surface area contributed by atoms with E-state index >= 15 is 0 Å². The van der Waals surface area contributed by atoms with Gasteiger partial charge in [0.25, 0.3) is 0 Å². The van der Waals surface area contributed by atoms with E-state index in [4.69, 9.17) is 0 Å². The minimum absolute atomic E-state index is 0.188. The van der Waals surface area contributed by atoms with Gasteiger partial charge in [-0.2, -0.15) is 0 Å². The van der Waals surface area contributed by atoms with Crippen LogP contribution in [0.15, 0.2) is 18.7 Å². The van der Waals surface area contributed by atoms with Crippen LogP contribution in [0.3, 0.4) is 0 Å². The van der Waals surface area contributed by atoms with Crippen LogP contribution in [-0.4, -0.2) is 21.6 Å². The summed E-state index contributed by atoms with van der Waals surface area (Å²) in [5.74, 6) is 0. The predicted molar refractivity (Wildman–Crippen MR) is 59.3 cm³/mol. The Balaban J connectivity index is 2.49. The molecule has 0 saturated carbocycles. The van der Waals surface area contributed by atoms with E-state index in [1.54, 1.807) is 0 Å². The van der Waals surface area contributed by atoms with E-state index in [2.05, 4.69) is 42.6 Å². The second-order valence-electron chi connectivity index (χ2n) is 4.70. The molecule has 80 valence electrons. The third-order valence-electron chi connectivity index (χ3n) is 2.29. The molecular weight excluding hydrogens is 174 g/mol. The zero-order valence-electron chi connectivity index (χ0n) is 9.62. The molecule has 0 bridgehead atoms. The van der Waals surface area contributed by atoms with Gasteiger partial charge in [0.1, 0.15) is 0 Å². The number of aromatic nitrogens is 2. The molecule has 1 rings (SSSR count). The van der Waals surface area contributed by atoms with Crippen LogP contribution in [0, 0.1) is 0 Å². The zero-order chi connectivity index (χ0) is 10.6. The molecule has 0 amide bonds. The summed E-state index contributed by atoms with van der Waals surface area (Å²) in [4.78, 5) is 4.07. The number of imidazole rings is 1. The zero-order valence-corrected chi connectivity index (χ0v) is 9.62. The summed E-state index contributed by atoms with van der Waals surface area (Å²) in [6, 6.07) is 0.511. The molecule has 0 spiro atoms. The first-order valence-electron chi connectivity index (χ1n) is 5.25. The highest BCUT2D eigenvalue weighted by molar-refractivity contribution is 4.82. The first-order chi connectivity index (χ1) is 6.53. The maximum Gasteiger partial charge on any atom is 0.0948 e. The lowest BCUT2D eigenvalue weighted by Crippen LogP contribution is -2.39. The maximum absolute atomic E-state index is 4.07. The highest BCUT2D eigenvalue weighted by Crippen LogP contribution is 2.10. The minimum Gasteiger partial charge on any atom is -0.333 e. The molecule has 0 aliphatic heterocycles. The average molecular weight is 195 g/mol. The number of hydrogen-bond acceptors (Lipinski definition) is 2. The Morgan fingerprint density at radius 1 is 1.43 bits per heavy atom. The fourth-order valence-electron chi connectivity index (χ4n) is 1.37. The van der Waals surface area contributed by atoms with Crippen molar-refractivity contribution in [2.75, 3.05) is 6.54 Å². The topological polar surface area (TPSA) is 29.9 Å². The van der Waals surface area contributed by atoms with E-state index in [0.29, 0.717) is 6.04 Å². The summed E-state index contributed by atoms with van der Waals surface area (Å²) in [6.45, 7) is 9.76. The van der Waals surface area contributed by atoms with Crippen molar-refractivity contribution < 1.29 is 0 Å². The molecule has 0 fully saturated rings. The van der Waals surface area contributed by atoms with Crippen LogP contribution in [0.4, 0.5) is 0 Å². The van der Waals surface area contributed by atoms with Gasteiger partial charge in [-0.1, -0.05) is 6.92 Å². The fraction of sp³-hybridized carbons (Fsp3) is 0.727. The molecule has 1 heterocycles. The maximum atomic E-state index is 4.07. The molecule has 3 heteroatoms. The van der Waals surface area contributed by atoms with Gasteiger partial charge in [-0.05, 0) is 27.2 Å². The van der Waals surface area contributed by atoms with Gasteiger partial charge in [0.15, 0.2) is 0 Å². The molecule has 1 aromatic heterocycles. The van der Waals surface area contributed by atoms with E-state index in [9.17, 15) is 0 Å². The van der Waals surface area contributed by atoms with Crippen LogP contribution in [0.25, 0.3) is 0 Å². The van der Waals surface area contributed by atoms with Gasteiger partial charge in [-0.25, -0.2) is 4.98 Å². The summed E-state index contributed by atoms with van der Waals surface area (Å²) in [6.07, 6.45) is 6.87. The molecule has 0 radical (unpaired) electrons. The fourth-order valence-corrected chi connectivity index (χ4v) is 1.37. The lowest BCUT2D eigenvalue weighted by Gasteiger charge is -2.25. The van der Waals surface area contributed by atoms with Crippen molar-refractivity contribution in [1.29, 1.82) is 0 Å². The number of hydrogen-bond donors (Lipinski definition) is 1. The molecule has 0 aromatic carbocycles. The molecular formula is C11H21N3. The first-order valence-corrected chi connectivity index (χ1v) is 5.25. The van der Waals surface area contributed by atoms with Gasteiger partial charge < -0.3 is 9.88 Å². The predicted octanol–water partition coefficient (Wildman–Crippen LogP) is 2.22. The number of nitrogens with zero attached hydrogens (tertiary/aromatic N) is 2. The smallest absolute Gasteiger partial charge is 0.0948 e. The summed E-state index contributed by atoms with van der Waals surface area (Å²) in [5.41, 5.74) is 0.188. The lowest BCUT2D eigenvalue weighted by atomic mass is 10.1. The molecule has 3 nitrogen and oxygen atoms in total. The lowest BCUT2D eigenvalue weighted by molar-refractivity contribution is 0.360. The Hall–Kier alpha value is -0.830. The Morgan fingerprint density at radius 3 is 2.57 bits per heavy atom. The van der Waals surface area contributed by atoms with E-state index < -0.39 is 0 Å². The average Bonchev–Trinajstić information content (AvgIpc) is 2.56. The van der Waals surface area contributed by atoms with Crippen molar-refractivity contribution in [2.24, 2.45) is 0 Å². The second kappa shape index (κ2) is 4.60. The van der Waals surface area contributed by atoms with E-state index in [0.717, 1.165) is 13.0 Å². The van der Waals surface area contributed by atoms with Crippen LogP contribution in [0.2, 0.25) is 0 Å². The SMILES string of the molecule is CCC(CNC(C)(C)C)n1ccnc1. The summed E-state index contributed by atoms with van der Waals surface area (Å²) >= 11 is 0. The van der Waals surface area contributed by atoms with Crippen LogP contribution in [-0.2, 0) is 0 Å². The molecule has 1 N–H and O–H groups in total. The molecule has 0 saturated heterocycles. The monoisotopic (exact) mass is 195 g/mol. The highest BCUT2D eigenvalue weighted by atomic mass is 15.1. The van der Waals surface area contributed by atoms with Crippen molar-refractivity contribution in [2.45, 2.75) is 45.7 Å². The van der Waals surface area contributed by atoms with E-state index in [-0.39, 0.29) is 5.54 Å². The first kappa shape index (κ1) is 11.2. The van der Waals surface area contributed by atoms with Crippen molar-refractivity contribution in [1.82, 2.24) is 14.9 Å². The second-order valence-corrected chi connectivity index (χ2v) is 4.70. The van der Waals surface area contributed by atoms with Gasteiger partial charge in [0, 0.05) is 30.5 Å². The molecule has 0 aliphatic rings. The Kier molecular flexibility index (Phi) is 3.69. The van der Waals surface area contributed by atoms with Crippen LogP contribution in [0.1, 0.15) is 40.2 Å². The van der Waals surface area contributed by atoms with Gasteiger partial charge in [0.2, 0.25) is 0 Å². The van der Waals surface area contributed by atoms with Gasteiger partial charge in [0.05, 0.1) is 6.33 Å². The Morgan fingerprint density at radius 2 is 2.14 bits per heavy atom. The highest BCUT2D eigenvalue weighted by Gasteiger charge is 2.13. The van der Waals surface area contributed by atoms with E-state index in [1.807, 2.05) is 18.7 Å². The summed E-state index contributed by atoms with van der Waals surface area (Å²) < 4.78 is 2.17. The number of rotatable bonds is 4. The summed E-state index contributed by atoms with van der Waals surface area (Å²) in [7, 11) is 0. The Bertz CT molecular complexity index is 246. The normalized spacial score (nSPS) is 14.3. The van der Waals surface area contributed by atoms with Crippen LogP contribution >= 0.6 is 0 Å². The molecule has 1 atom stereocenters. The third kappa shape index (κ3) is 3.50. The van der Waals surface area contributed by atoms with Gasteiger partial charge >= 0.3 is 0 Å². The third-order valence-corrected chi connectivity index (χ3v) is 2.29. The Labute approximate surface area is 86.5 Å². The number of nitrogens with one attached hydrogen (secondary N) is 1. The largest absolute Gasteiger partial charge is 0.333 e. The molecule has 14 heavy (non-hydrogen) atoms. The van der Waals surface area contributed by atoms with Crippen molar-refractivity contribution >= 4 is 0 Å². The summed E-state index contributed by atoms with van der Waals surface area (Å²) in [5, 5.41) is 3.51. The quantitative estimate of drug-likeness (QED) is 0.798. The van der Waals surface area contributed by atoms with Gasteiger partial charge in [-0.15, -0.1) is 0 Å². The molecule has 1 aromatic rings. The van der Waals surface area contributed by atoms with Crippen molar-refractivity contribution in [3.8, 4) is 0 Å². The van der Waals surface area contributed by atoms with Gasteiger partial charge in [-0.3, -0.25) is 0 Å². The minimum atomic E-state index is 0.188.